The predicted molar refractivity (Wildman–Crippen MR) is 108 cm³/mol. The number of aliphatic hydroxyl groups is 1. The standard InChI is InChI=1S/C24H36O5/c1-23-10-4-3-5-15(23)11-19(26)22-17-8-7-16(14(13-25)6-9-21(28)29)24(17,2)20(27)12-18(22)23/h14-18,22,25H,3-13H2,1-2H3,(H,28,29)/t14-,15-,16+,17-,18-,22-,23-,24+/m0/s1. The van der Waals surface area contributed by atoms with Gasteiger partial charge in [0, 0.05) is 37.2 Å². The molecular formula is C24H36O5. The van der Waals surface area contributed by atoms with E-state index >= 15 is 0 Å². The average Bonchev–Trinajstić information content (AvgIpc) is 3.02. The molecule has 2 N–H and O–H groups in total. The van der Waals surface area contributed by atoms with E-state index in [9.17, 15) is 19.5 Å². The Morgan fingerprint density at radius 2 is 1.86 bits per heavy atom. The quantitative estimate of drug-likeness (QED) is 0.726. The number of carboxylic acids is 1. The van der Waals surface area contributed by atoms with Crippen molar-refractivity contribution in [2.45, 2.75) is 78.1 Å². The molecule has 0 heterocycles. The maximum atomic E-state index is 13.6. The van der Waals surface area contributed by atoms with Gasteiger partial charge in [0.05, 0.1) is 0 Å². The van der Waals surface area contributed by atoms with E-state index in [0.717, 1.165) is 25.7 Å². The molecule has 4 aliphatic rings. The Labute approximate surface area is 173 Å². The number of aliphatic hydroxyl groups excluding tert-OH is 1. The molecule has 162 valence electrons. The molecule has 0 unspecified atom stereocenters. The maximum absolute atomic E-state index is 13.6. The summed E-state index contributed by atoms with van der Waals surface area (Å²) >= 11 is 0. The fourth-order valence-electron chi connectivity index (χ4n) is 8.21. The van der Waals surface area contributed by atoms with Crippen LogP contribution in [0.1, 0.15) is 78.1 Å². The first kappa shape index (κ1) is 21.0. The lowest BCUT2D eigenvalue weighted by Gasteiger charge is -2.59. The fourth-order valence-corrected chi connectivity index (χ4v) is 8.21. The van der Waals surface area contributed by atoms with Crippen LogP contribution in [0.2, 0.25) is 0 Å². The molecular weight excluding hydrogens is 368 g/mol. The zero-order valence-corrected chi connectivity index (χ0v) is 17.9. The van der Waals surface area contributed by atoms with Gasteiger partial charge in [0.1, 0.15) is 11.6 Å². The minimum absolute atomic E-state index is 0.0153. The third kappa shape index (κ3) is 3.10. The van der Waals surface area contributed by atoms with Crippen LogP contribution in [0, 0.1) is 46.3 Å². The number of fused-ring (bicyclic) bond motifs is 5. The molecule has 5 heteroatoms. The first-order valence-corrected chi connectivity index (χ1v) is 11.6. The van der Waals surface area contributed by atoms with Crippen LogP contribution in [-0.2, 0) is 14.4 Å². The van der Waals surface area contributed by atoms with Gasteiger partial charge in [0.15, 0.2) is 0 Å². The van der Waals surface area contributed by atoms with Crippen LogP contribution < -0.4 is 0 Å². The number of carbonyl (C=O) groups is 3. The van der Waals surface area contributed by atoms with E-state index in [0.29, 0.717) is 31.0 Å². The van der Waals surface area contributed by atoms with E-state index in [1.165, 1.54) is 12.8 Å². The van der Waals surface area contributed by atoms with Gasteiger partial charge in [-0.1, -0.05) is 26.7 Å². The average molecular weight is 405 g/mol. The maximum Gasteiger partial charge on any atom is 0.303 e. The van der Waals surface area contributed by atoms with E-state index < -0.39 is 11.4 Å². The summed E-state index contributed by atoms with van der Waals surface area (Å²) in [4.78, 5) is 38.0. The molecule has 0 saturated heterocycles. The monoisotopic (exact) mass is 404 g/mol. The summed E-state index contributed by atoms with van der Waals surface area (Å²) in [6, 6.07) is 0. The van der Waals surface area contributed by atoms with Crippen molar-refractivity contribution in [3.05, 3.63) is 0 Å². The summed E-state index contributed by atoms with van der Waals surface area (Å²) in [5.74, 6) is 0.205. The Morgan fingerprint density at radius 1 is 1.10 bits per heavy atom. The van der Waals surface area contributed by atoms with Crippen molar-refractivity contribution in [1.82, 2.24) is 0 Å². The molecule has 4 aliphatic carbocycles. The van der Waals surface area contributed by atoms with Gasteiger partial charge in [0.25, 0.3) is 0 Å². The Morgan fingerprint density at radius 3 is 2.55 bits per heavy atom. The van der Waals surface area contributed by atoms with Crippen LogP contribution in [0.15, 0.2) is 0 Å². The zero-order valence-electron chi connectivity index (χ0n) is 17.9. The molecule has 0 aromatic carbocycles. The summed E-state index contributed by atoms with van der Waals surface area (Å²) in [6.07, 6.45) is 7.88. The summed E-state index contributed by atoms with van der Waals surface area (Å²) in [7, 11) is 0. The number of aliphatic carboxylic acids is 1. The number of Topliss-reactive ketones (excluding diaryl/α,β-unsaturated/α-hetero) is 2. The Bertz CT molecular complexity index is 701. The first-order chi connectivity index (χ1) is 13.7. The van der Waals surface area contributed by atoms with Crippen LogP contribution in [0.5, 0.6) is 0 Å². The Hall–Kier alpha value is -1.23. The van der Waals surface area contributed by atoms with Crippen molar-refractivity contribution in [2.75, 3.05) is 6.61 Å². The highest BCUT2D eigenvalue weighted by Crippen LogP contribution is 2.66. The fraction of sp³-hybridized carbons (Fsp3) is 0.875. The van der Waals surface area contributed by atoms with Crippen LogP contribution >= 0.6 is 0 Å². The third-order valence-electron chi connectivity index (χ3n) is 9.85. The topological polar surface area (TPSA) is 91.7 Å². The van der Waals surface area contributed by atoms with E-state index in [4.69, 9.17) is 5.11 Å². The largest absolute Gasteiger partial charge is 0.481 e. The Balaban J connectivity index is 1.64. The van der Waals surface area contributed by atoms with Crippen molar-refractivity contribution < 1.29 is 24.6 Å². The molecule has 0 radical (unpaired) electrons. The number of rotatable bonds is 5. The number of ketones is 2. The minimum Gasteiger partial charge on any atom is -0.481 e. The second-order valence-electron chi connectivity index (χ2n) is 10.8. The smallest absolute Gasteiger partial charge is 0.303 e. The predicted octanol–water partition coefficient (Wildman–Crippen LogP) is 3.87. The second kappa shape index (κ2) is 7.47. The minimum atomic E-state index is -0.864. The lowest BCUT2D eigenvalue weighted by Crippen LogP contribution is -2.59. The highest BCUT2D eigenvalue weighted by atomic mass is 16.4. The molecule has 0 bridgehead atoms. The van der Waals surface area contributed by atoms with E-state index in [1.807, 2.05) is 6.92 Å². The van der Waals surface area contributed by atoms with E-state index in [2.05, 4.69) is 6.92 Å². The summed E-state index contributed by atoms with van der Waals surface area (Å²) in [5.41, 5.74) is -0.494. The van der Waals surface area contributed by atoms with Crippen LogP contribution in [0.3, 0.4) is 0 Å². The van der Waals surface area contributed by atoms with Gasteiger partial charge < -0.3 is 10.2 Å². The molecule has 0 aromatic rings. The molecule has 0 aromatic heterocycles. The molecule has 4 saturated carbocycles. The molecule has 8 atom stereocenters. The number of carboxylic acid groups (broad SMARTS) is 1. The second-order valence-corrected chi connectivity index (χ2v) is 10.8. The number of carbonyl (C=O) groups excluding carboxylic acids is 2. The van der Waals surface area contributed by atoms with Crippen molar-refractivity contribution in [3.63, 3.8) is 0 Å². The summed E-state index contributed by atoms with van der Waals surface area (Å²) in [5, 5.41) is 19.1. The van der Waals surface area contributed by atoms with E-state index in [1.54, 1.807) is 0 Å². The molecule has 0 amide bonds. The van der Waals surface area contributed by atoms with Gasteiger partial charge in [-0.15, -0.1) is 0 Å². The van der Waals surface area contributed by atoms with Crippen LogP contribution in [-0.4, -0.2) is 34.4 Å². The van der Waals surface area contributed by atoms with Gasteiger partial charge >= 0.3 is 5.97 Å². The van der Waals surface area contributed by atoms with Gasteiger partial charge in [-0.3, -0.25) is 14.4 Å². The van der Waals surface area contributed by atoms with Crippen molar-refractivity contribution in [1.29, 1.82) is 0 Å². The zero-order chi connectivity index (χ0) is 21.0. The normalized spacial score (nSPS) is 45.3. The van der Waals surface area contributed by atoms with Gasteiger partial charge in [-0.05, 0) is 67.1 Å². The lowest BCUT2D eigenvalue weighted by molar-refractivity contribution is -0.166. The molecule has 0 spiro atoms. The van der Waals surface area contributed by atoms with E-state index in [-0.39, 0.29) is 53.8 Å². The third-order valence-corrected chi connectivity index (χ3v) is 9.85. The van der Waals surface area contributed by atoms with Crippen LogP contribution in [0.25, 0.3) is 0 Å². The van der Waals surface area contributed by atoms with Crippen molar-refractivity contribution in [3.8, 4) is 0 Å². The number of hydrogen-bond donors (Lipinski definition) is 2. The summed E-state index contributed by atoms with van der Waals surface area (Å²) in [6.45, 7) is 4.28. The molecule has 4 fully saturated rings. The van der Waals surface area contributed by atoms with Gasteiger partial charge in [-0.25, -0.2) is 0 Å². The first-order valence-electron chi connectivity index (χ1n) is 11.6. The summed E-state index contributed by atoms with van der Waals surface area (Å²) < 4.78 is 0. The lowest BCUT2D eigenvalue weighted by atomic mass is 9.44. The number of hydrogen-bond acceptors (Lipinski definition) is 4. The SMILES string of the molecule is C[C@]12CCCC[C@H]1CC(=O)[C@@H]1[C@@H]2CC(=O)[C@]2(C)[C@@H]([C@H](CO)CCC(=O)O)CC[C@@H]12. The Kier molecular flexibility index (Phi) is 5.42. The highest BCUT2D eigenvalue weighted by molar-refractivity contribution is 5.92. The molecule has 0 aliphatic heterocycles. The van der Waals surface area contributed by atoms with Crippen LogP contribution in [0.4, 0.5) is 0 Å². The molecule has 29 heavy (non-hydrogen) atoms. The van der Waals surface area contributed by atoms with Gasteiger partial charge in [-0.2, -0.15) is 0 Å². The molecule has 5 nitrogen and oxygen atoms in total. The highest BCUT2D eigenvalue weighted by Gasteiger charge is 2.65. The van der Waals surface area contributed by atoms with Gasteiger partial charge in [0.2, 0.25) is 0 Å². The van der Waals surface area contributed by atoms with Crippen molar-refractivity contribution >= 4 is 17.5 Å². The van der Waals surface area contributed by atoms with Crippen molar-refractivity contribution in [2.24, 2.45) is 46.3 Å². The molecule has 4 rings (SSSR count).